The maximum Gasteiger partial charge on any atom is 0.244 e. The smallest absolute Gasteiger partial charge is 0.244 e. The fraction of sp³-hybridized carbons (Fsp3) is 0.444. The van der Waals surface area contributed by atoms with Gasteiger partial charge in [0.2, 0.25) is 5.91 Å². The highest BCUT2D eigenvalue weighted by Crippen LogP contribution is 2.27. The van der Waals surface area contributed by atoms with Gasteiger partial charge in [-0.2, -0.15) is 0 Å². The number of thiazole rings is 1. The second-order valence-electron chi connectivity index (χ2n) is 6.41. The standard InChI is InChI=1S/C18H22N4OS/c1-14-13-19-18(24-14)21-11-9-20(10-12-21)16-7-8-22(17(16)23)15-5-3-2-4-6-15/h2-6,13,16H,7-12H2,1H3. The number of para-hydroxylation sites is 1. The molecule has 24 heavy (non-hydrogen) atoms. The number of nitrogens with zero attached hydrogens (tertiary/aromatic N) is 4. The van der Waals surface area contributed by atoms with E-state index in [4.69, 9.17) is 0 Å². The Labute approximate surface area is 146 Å². The summed E-state index contributed by atoms with van der Waals surface area (Å²) in [6.07, 6.45) is 2.86. The molecule has 4 rings (SSSR count). The van der Waals surface area contributed by atoms with Crippen molar-refractivity contribution in [2.75, 3.05) is 42.5 Å². The lowest BCUT2D eigenvalue weighted by atomic mass is 10.2. The highest BCUT2D eigenvalue weighted by atomic mass is 32.1. The van der Waals surface area contributed by atoms with Crippen LogP contribution in [0.5, 0.6) is 0 Å². The third-order valence-electron chi connectivity index (χ3n) is 4.88. The normalized spacial score (nSPS) is 22.4. The summed E-state index contributed by atoms with van der Waals surface area (Å²) in [5, 5.41) is 1.11. The van der Waals surface area contributed by atoms with Crippen molar-refractivity contribution in [2.24, 2.45) is 0 Å². The molecule has 2 aliphatic heterocycles. The Morgan fingerprint density at radius 2 is 1.83 bits per heavy atom. The summed E-state index contributed by atoms with van der Waals surface area (Å²) in [6, 6.07) is 10.0. The van der Waals surface area contributed by atoms with Gasteiger partial charge in [0, 0.05) is 49.5 Å². The van der Waals surface area contributed by atoms with Gasteiger partial charge in [0.1, 0.15) is 0 Å². The minimum Gasteiger partial charge on any atom is -0.346 e. The Hall–Kier alpha value is -1.92. The third-order valence-corrected chi connectivity index (χ3v) is 5.85. The number of carbonyl (C=O) groups excluding carboxylic acids is 1. The van der Waals surface area contributed by atoms with Gasteiger partial charge in [0.05, 0.1) is 6.04 Å². The van der Waals surface area contributed by atoms with Crippen LogP contribution in [0.3, 0.4) is 0 Å². The molecular formula is C18H22N4OS. The molecule has 0 spiro atoms. The largest absolute Gasteiger partial charge is 0.346 e. The van der Waals surface area contributed by atoms with Crippen LogP contribution in [-0.2, 0) is 4.79 Å². The molecule has 2 fully saturated rings. The van der Waals surface area contributed by atoms with Crippen LogP contribution in [0.15, 0.2) is 36.5 Å². The zero-order valence-electron chi connectivity index (χ0n) is 13.9. The fourth-order valence-electron chi connectivity index (χ4n) is 3.58. The summed E-state index contributed by atoms with van der Waals surface area (Å²) < 4.78 is 0. The van der Waals surface area contributed by atoms with Crippen molar-refractivity contribution in [1.82, 2.24) is 9.88 Å². The van der Waals surface area contributed by atoms with Gasteiger partial charge in [-0.25, -0.2) is 4.98 Å². The predicted octanol–water partition coefficient (Wildman–Crippen LogP) is 2.38. The van der Waals surface area contributed by atoms with Crippen LogP contribution >= 0.6 is 11.3 Å². The first-order valence-corrected chi connectivity index (χ1v) is 9.32. The zero-order valence-corrected chi connectivity index (χ0v) is 14.7. The van der Waals surface area contributed by atoms with E-state index in [0.717, 1.165) is 50.0 Å². The lowest BCUT2D eigenvalue weighted by molar-refractivity contribution is -0.121. The van der Waals surface area contributed by atoms with Gasteiger partial charge in [-0.15, -0.1) is 11.3 Å². The Morgan fingerprint density at radius 1 is 1.08 bits per heavy atom. The van der Waals surface area contributed by atoms with Crippen LogP contribution in [-0.4, -0.2) is 54.6 Å². The van der Waals surface area contributed by atoms with Crippen LogP contribution in [0.4, 0.5) is 10.8 Å². The van der Waals surface area contributed by atoms with Crippen LogP contribution in [0.2, 0.25) is 0 Å². The van der Waals surface area contributed by atoms with E-state index < -0.39 is 0 Å². The lowest BCUT2D eigenvalue weighted by Crippen LogP contribution is -2.52. The van der Waals surface area contributed by atoms with Gasteiger partial charge in [-0.05, 0) is 25.5 Å². The molecule has 2 aliphatic rings. The molecule has 0 bridgehead atoms. The predicted molar refractivity (Wildman–Crippen MR) is 97.8 cm³/mol. The van der Waals surface area contributed by atoms with Crippen molar-refractivity contribution < 1.29 is 4.79 Å². The van der Waals surface area contributed by atoms with E-state index in [1.807, 2.05) is 41.4 Å². The van der Waals surface area contributed by atoms with Gasteiger partial charge < -0.3 is 9.80 Å². The first kappa shape index (κ1) is 15.6. The topological polar surface area (TPSA) is 39.7 Å². The molecule has 1 aromatic carbocycles. The number of hydrogen-bond donors (Lipinski definition) is 0. The van der Waals surface area contributed by atoms with Crippen molar-refractivity contribution >= 4 is 28.1 Å². The summed E-state index contributed by atoms with van der Waals surface area (Å²) in [5.74, 6) is 0.250. The molecule has 6 heteroatoms. The molecular weight excluding hydrogens is 320 g/mol. The van der Waals surface area contributed by atoms with E-state index >= 15 is 0 Å². The van der Waals surface area contributed by atoms with E-state index in [2.05, 4.69) is 21.7 Å². The zero-order chi connectivity index (χ0) is 16.5. The molecule has 0 radical (unpaired) electrons. The number of aryl methyl sites for hydroxylation is 1. The summed E-state index contributed by atoms with van der Waals surface area (Å²) in [6.45, 7) is 6.66. The molecule has 1 amide bonds. The van der Waals surface area contributed by atoms with Crippen LogP contribution in [0.1, 0.15) is 11.3 Å². The lowest BCUT2D eigenvalue weighted by Gasteiger charge is -2.37. The SMILES string of the molecule is Cc1cnc(N2CCN(C3CCN(c4ccccc4)C3=O)CC2)s1. The van der Waals surface area contributed by atoms with Crippen LogP contribution in [0, 0.1) is 6.92 Å². The van der Waals surface area contributed by atoms with Gasteiger partial charge in [0.25, 0.3) is 0 Å². The molecule has 1 unspecified atom stereocenters. The fourth-order valence-corrected chi connectivity index (χ4v) is 4.39. The van der Waals surface area contributed by atoms with Gasteiger partial charge in [-0.1, -0.05) is 18.2 Å². The van der Waals surface area contributed by atoms with Gasteiger partial charge in [0.15, 0.2) is 5.13 Å². The second-order valence-corrected chi connectivity index (χ2v) is 7.62. The number of anilines is 2. The molecule has 0 N–H and O–H groups in total. The molecule has 2 saturated heterocycles. The molecule has 2 aromatic rings. The van der Waals surface area contributed by atoms with Crippen molar-refractivity contribution in [3.8, 4) is 0 Å². The Morgan fingerprint density at radius 3 is 2.50 bits per heavy atom. The molecule has 3 heterocycles. The minimum atomic E-state index is 0.0328. The first-order chi connectivity index (χ1) is 11.7. The summed E-state index contributed by atoms with van der Waals surface area (Å²) in [7, 11) is 0. The van der Waals surface area contributed by atoms with Crippen molar-refractivity contribution in [3.05, 3.63) is 41.4 Å². The monoisotopic (exact) mass is 342 g/mol. The number of carbonyl (C=O) groups is 1. The maximum absolute atomic E-state index is 12.8. The highest BCUT2D eigenvalue weighted by Gasteiger charge is 2.37. The highest BCUT2D eigenvalue weighted by molar-refractivity contribution is 7.15. The van der Waals surface area contributed by atoms with E-state index in [-0.39, 0.29) is 11.9 Å². The Bertz CT molecular complexity index is 709. The minimum absolute atomic E-state index is 0.0328. The average molecular weight is 342 g/mol. The van der Waals surface area contributed by atoms with Crippen molar-refractivity contribution in [3.63, 3.8) is 0 Å². The molecule has 1 atom stereocenters. The molecule has 5 nitrogen and oxygen atoms in total. The number of amides is 1. The van der Waals surface area contributed by atoms with Gasteiger partial charge in [-0.3, -0.25) is 9.69 Å². The van der Waals surface area contributed by atoms with Gasteiger partial charge >= 0.3 is 0 Å². The van der Waals surface area contributed by atoms with E-state index in [1.54, 1.807) is 11.3 Å². The Kier molecular flexibility index (Phi) is 4.24. The van der Waals surface area contributed by atoms with E-state index in [0.29, 0.717) is 0 Å². The quantitative estimate of drug-likeness (QED) is 0.859. The average Bonchev–Trinajstić information content (AvgIpc) is 3.22. The number of benzene rings is 1. The number of rotatable bonds is 3. The molecule has 1 aromatic heterocycles. The number of hydrogen-bond acceptors (Lipinski definition) is 5. The number of aromatic nitrogens is 1. The molecule has 0 aliphatic carbocycles. The third kappa shape index (κ3) is 2.91. The summed E-state index contributed by atoms with van der Waals surface area (Å²) >= 11 is 1.75. The first-order valence-electron chi connectivity index (χ1n) is 8.50. The molecule has 0 saturated carbocycles. The second kappa shape index (κ2) is 6.53. The van der Waals surface area contributed by atoms with E-state index in [9.17, 15) is 4.79 Å². The Balaban J connectivity index is 1.39. The van der Waals surface area contributed by atoms with Crippen LogP contribution in [0.25, 0.3) is 0 Å². The number of piperazine rings is 1. The summed E-state index contributed by atoms with van der Waals surface area (Å²) in [4.78, 5) is 25.2. The van der Waals surface area contributed by atoms with Crippen molar-refractivity contribution in [2.45, 2.75) is 19.4 Å². The van der Waals surface area contributed by atoms with Crippen molar-refractivity contribution in [1.29, 1.82) is 0 Å². The molecule has 126 valence electrons. The maximum atomic E-state index is 12.8. The van der Waals surface area contributed by atoms with Crippen LogP contribution < -0.4 is 9.80 Å². The van der Waals surface area contributed by atoms with E-state index in [1.165, 1.54) is 4.88 Å². The summed E-state index contributed by atoms with van der Waals surface area (Å²) in [5.41, 5.74) is 1.02.